The van der Waals surface area contributed by atoms with Crippen molar-refractivity contribution in [3.63, 3.8) is 0 Å². The Morgan fingerprint density at radius 1 is 1.11 bits per heavy atom. The predicted octanol–water partition coefficient (Wildman–Crippen LogP) is 4.84. The highest BCUT2D eigenvalue weighted by Gasteiger charge is 2.18. The van der Waals surface area contributed by atoms with E-state index in [9.17, 15) is 4.79 Å². The van der Waals surface area contributed by atoms with Crippen molar-refractivity contribution in [3.8, 4) is 11.1 Å². The maximum Gasteiger partial charge on any atom is 0.412 e. The van der Waals surface area contributed by atoms with Crippen molar-refractivity contribution in [1.82, 2.24) is 9.97 Å². The highest BCUT2D eigenvalue weighted by atomic mass is 16.6. The average Bonchev–Trinajstić information content (AvgIpc) is 2.54. The molecule has 0 spiro atoms. The molecule has 6 heteroatoms. The van der Waals surface area contributed by atoms with E-state index in [1.807, 2.05) is 40.7 Å². The van der Waals surface area contributed by atoms with Crippen LogP contribution in [0, 0.1) is 13.8 Å². The van der Waals surface area contributed by atoms with E-state index in [2.05, 4.69) is 27.4 Å². The number of anilines is 2. The zero-order valence-electron chi connectivity index (χ0n) is 16.3. The first-order valence-corrected chi connectivity index (χ1v) is 8.75. The lowest BCUT2D eigenvalue weighted by molar-refractivity contribution is 0.0635. The fourth-order valence-corrected chi connectivity index (χ4v) is 2.97. The zero-order chi connectivity index (χ0) is 19.8. The molecule has 0 aliphatic carbocycles. The number of fused-ring (bicyclic) bond motifs is 1. The van der Waals surface area contributed by atoms with Gasteiger partial charge < -0.3 is 10.5 Å². The van der Waals surface area contributed by atoms with Crippen molar-refractivity contribution < 1.29 is 9.53 Å². The van der Waals surface area contributed by atoms with E-state index in [1.165, 1.54) is 0 Å². The number of aryl methyl sites for hydroxylation is 1. The van der Waals surface area contributed by atoms with Crippen LogP contribution in [-0.2, 0) is 4.74 Å². The summed E-state index contributed by atoms with van der Waals surface area (Å²) in [4.78, 5) is 20.6. The average molecular weight is 364 g/mol. The molecule has 0 radical (unpaired) electrons. The largest absolute Gasteiger partial charge is 0.444 e. The smallest absolute Gasteiger partial charge is 0.412 e. The molecule has 1 aromatic carbocycles. The molecule has 0 aliphatic rings. The molecule has 0 fully saturated rings. The third-order valence-corrected chi connectivity index (χ3v) is 4.23. The third-order valence-electron chi connectivity index (χ3n) is 4.23. The van der Waals surface area contributed by atoms with Gasteiger partial charge in [0.2, 0.25) is 0 Å². The number of aromatic nitrogens is 2. The highest BCUT2D eigenvalue weighted by Crippen LogP contribution is 2.32. The summed E-state index contributed by atoms with van der Waals surface area (Å²) < 4.78 is 5.33. The molecular weight excluding hydrogens is 340 g/mol. The molecule has 0 saturated heterocycles. The van der Waals surface area contributed by atoms with E-state index < -0.39 is 11.7 Å². The molecule has 1 amide bonds. The number of rotatable bonds is 2. The van der Waals surface area contributed by atoms with Gasteiger partial charge in [0.25, 0.3) is 0 Å². The minimum atomic E-state index is -0.563. The van der Waals surface area contributed by atoms with Gasteiger partial charge in [0.1, 0.15) is 11.4 Å². The SMILES string of the molecule is Cc1c(NC(=O)OC(C)(C)C)cncc1-c1cc(C)c2cnc(N)cc2c1. The number of carbonyl (C=O) groups excluding carboxylic acids is 1. The number of hydrogen-bond donors (Lipinski definition) is 2. The van der Waals surface area contributed by atoms with Crippen LogP contribution < -0.4 is 11.1 Å². The highest BCUT2D eigenvalue weighted by molar-refractivity contribution is 5.93. The van der Waals surface area contributed by atoms with Gasteiger partial charge in [-0.05, 0) is 68.8 Å². The van der Waals surface area contributed by atoms with Crippen LogP contribution in [0.4, 0.5) is 16.3 Å². The Kier molecular flexibility index (Phi) is 4.74. The first-order chi connectivity index (χ1) is 12.6. The lowest BCUT2D eigenvalue weighted by Gasteiger charge is -2.20. The molecule has 0 aliphatic heterocycles. The molecule has 2 aromatic heterocycles. The number of nitrogen functional groups attached to an aromatic ring is 1. The fraction of sp³-hybridized carbons (Fsp3) is 0.286. The molecule has 3 rings (SSSR count). The van der Waals surface area contributed by atoms with Gasteiger partial charge in [-0.25, -0.2) is 9.78 Å². The van der Waals surface area contributed by atoms with E-state index in [1.54, 1.807) is 18.6 Å². The Hall–Kier alpha value is -3.15. The molecule has 6 nitrogen and oxygen atoms in total. The molecule has 0 saturated carbocycles. The van der Waals surface area contributed by atoms with Crippen molar-refractivity contribution in [2.75, 3.05) is 11.1 Å². The van der Waals surface area contributed by atoms with Gasteiger partial charge in [0.05, 0.1) is 11.9 Å². The maximum atomic E-state index is 12.1. The van der Waals surface area contributed by atoms with Crippen LogP contribution in [0.25, 0.3) is 21.9 Å². The van der Waals surface area contributed by atoms with Crippen LogP contribution >= 0.6 is 0 Å². The Labute approximate surface area is 158 Å². The first-order valence-electron chi connectivity index (χ1n) is 8.75. The zero-order valence-corrected chi connectivity index (χ0v) is 16.3. The van der Waals surface area contributed by atoms with E-state index >= 15 is 0 Å². The van der Waals surface area contributed by atoms with Gasteiger partial charge in [-0.2, -0.15) is 0 Å². The van der Waals surface area contributed by atoms with Crippen molar-refractivity contribution in [3.05, 3.63) is 47.9 Å². The maximum absolute atomic E-state index is 12.1. The minimum absolute atomic E-state index is 0.481. The van der Waals surface area contributed by atoms with Crippen LogP contribution in [0.3, 0.4) is 0 Å². The Morgan fingerprint density at radius 2 is 1.85 bits per heavy atom. The number of amides is 1. The van der Waals surface area contributed by atoms with Crippen LogP contribution in [0.2, 0.25) is 0 Å². The molecular formula is C21H24N4O2. The monoisotopic (exact) mass is 364 g/mol. The summed E-state index contributed by atoms with van der Waals surface area (Å²) in [5.74, 6) is 0.481. The van der Waals surface area contributed by atoms with Crippen molar-refractivity contribution in [1.29, 1.82) is 0 Å². The summed E-state index contributed by atoms with van der Waals surface area (Å²) in [5, 5.41) is 4.86. The summed E-state index contributed by atoms with van der Waals surface area (Å²) in [6.45, 7) is 9.46. The quantitative estimate of drug-likeness (QED) is 0.679. The fourth-order valence-electron chi connectivity index (χ4n) is 2.97. The third kappa shape index (κ3) is 4.16. The summed E-state index contributed by atoms with van der Waals surface area (Å²) in [6.07, 6.45) is 4.70. The van der Waals surface area contributed by atoms with Gasteiger partial charge in [-0.15, -0.1) is 0 Å². The van der Waals surface area contributed by atoms with Crippen LogP contribution in [0.1, 0.15) is 31.9 Å². The van der Waals surface area contributed by atoms with Crippen molar-refractivity contribution >= 4 is 28.4 Å². The van der Waals surface area contributed by atoms with E-state index in [4.69, 9.17) is 10.5 Å². The van der Waals surface area contributed by atoms with Crippen molar-refractivity contribution in [2.24, 2.45) is 0 Å². The number of carbonyl (C=O) groups is 1. The van der Waals surface area contributed by atoms with Gasteiger partial charge in [-0.3, -0.25) is 10.3 Å². The van der Waals surface area contributed by atoms with Gasteiger partial charge in [-0.1, -0.05) is 6.07 Å². The number of nitrogens with two attached hydrogens (primary N) is 1. The number of nitrogens with one attached hydrogen (secondary N) is 1. The summed E-state index contributed by atoms with van der Waals surface area (Å²) in [6, 6.07) is 6.00. The van der Waals surface area contributed by atoms with Crippen molar-refractivity contribution in [2.45, 2.75) is 40.2 Å². The van der Waals surface area contributed by atoms with Gasteiger partial charge in [0.15, 0.2) is 0 Å². The normalized spacial score (nSPS) is 11.4. The molecule has 2 heterocycles. The second-order valence-corrected chi connectivity index (χ2v) is 7.61. The lowest BCUT2D eigenvalue weighted by atomic mass is 9.96. The van der Waals surface area contributed by atoms with Crippen LogP contribution in [0.15, 0.2) is 36.8 Å². The number of benzene rings is 1. The second-order valence-electron chi connectivity index (χ2n) is 7.61. The molecule has 0 atom stereocenters. The van der Waals surface area contributed by atoms with Crippen LogP contribution in [-0.4, -0.2) is 21.7 Å². The Morgan fingerprint density at radius 3 is 2.56 bits per heavy atom. The summed E-state index contributed by atoms with van der Waals surface area (Å²) >= 11 is 0. The molecule has 27 heavy (non-hydrogen) atoms. The standard InChI is InChI=1S/C21H24N4O2/c1-12-6-14(7-15-8-19(22)24-10-16(12)15)17-9-23-11-18(13(17)2)25-20(26)27-21(3,4)5/h6-11H,1-5H3,(H2,22,24)(H,25,26). The number of hydrogen-bond acceptors (Lipinski definition) is 5. The second kappa shape index (κ2) is 6.87. The molecule has 0 bridgehead atoms. The van der Waals surface area contributed by atoms with Crippen LogP contribution in [0.5, 0.6) is 0 Å². The lowest BCUT2D eigenvalue weighted by Crippen LogP contribution is -2.27. The number of ether oxygens (including phenoxy) is 1. The number of nitrogens with zero attached hydrogens (tertiary/aromatic N) is 2. The van der Waals surface area contributed by atoms with E-state index in [-0.39, 0.29) is 0 Å². The topological polar surface area (TPSA) is 90.1 Å². The Bertz CT molecular complexity index is 1020. The Balaban J connectivity index is 2.01. The summed E-state index contributed by atoms with van der Waals surface area (Å²) in [7, 11) is 0. The van der Waals surface area contributed by atoms with E-state index in [0.717, 1.165) is 33.0 Å². The number of pyridine rings is 2. The molecule has 0 unspecified atom stereocenters. The first kappa shape index (κ1) is 18.6. The van der Waals surface area contributed by atoms with E-state index in [0.29, 0.717) is 11.5 Å². The molecule has 3 N–H and O–H groups in total. The minimum Gasteiger partial charge on any atom is -0.444 e. The molecule has 140 valence electrons. The molecule has 3 aromatic rings. The van der Waals surface area contributed by atoms with Gasteiger partial charge >= 0.3 is 6.09 Å². The summed E-state index contributed by atoms with van der Waals surface area (Å²) in [5.41, 5.74) is 9.84. The van der Waals surface area contributed by atoms with Gasteiger partial charge in [0, 0.05) is 23.3 Å². The predicted molar refractivity (Wildman–Crippen MR) is 109 cm³/mol.